The largest absolute Gasteiger partial charge is 0.484 e. The fourth-order valence-electron chi connectivity index (χ4n) is 6.17. The van der Waals surface area contributed by atoms with Crippen LogP contribution in [0, 0.1) is 12.7 Å². The number of nitrogens with one attached hydrogen (secondary N) is 2. The first-order valence-corrected chi connectivity index (χ1v) is 12.6. The first-order valence-electron chi connectivity index (χ1n) is 12.6. The Hall–Kier alpha value is -4.08. The lowest BCUT2D eigenvalue weighted by Gasteiger charge is -2.29. The van der Waals surface area contributed by atoms with Crippen molar-refractivity contribution >= 4 is 22.8 Å². The summed E-state index contributed by atoms with van der Waals surface area (Å²) in [5, 5.41) is 7.60. The number of hydrogen-bond donors (Lipinski definition) is 2. The molecule has 2 fully saturated rings. The van der Waals surface area contributed by atoms with E-state index in [0.717, 1.165) is 32.1 Å². The SMILES string of the molecule is Cc1nc(NC23CCC(Nc4ncccn4)(CC2)C3)nc2ccc(-c3ccnc4c3OCCO4)c(F)c12. The van der Waals surface area contributed by atoms with E-state index in [-0.39, 0.29) is 16.9 Å². The van der Waals surface area contributed by atoms with Gasteiger partial charge < -0.3 is 20.1 Å². The summed E-state index contributed by atoms with van der Waals surface area (Å²) in [5.74, 6) is 1.66. The fourth-order valence-corrected chi connectivity index (χ4v) is 6.17. The van der Waals surface area contributed by atoms with Crippen LogP contribution in [-0.4, -0.2) is 49.2 Å². The van der Waals surface area contributed by atoms with Crippen molar-refractivity contribution in [3.05, 3.63) is 54.4 Å². The molecule has 3 aliphatic rings. The van der Waals surface area contributed by atoms with Crippen LogP contribution in [0.4, 0.5) is 16.3 Å². The van der Waals surface area contributed by atoms with E-state index >= 15 is 4.39 Å². The van der Waals surface area contributed by atoms with Gasteiger partial charge in [0, 0.05) is 40.8 Å². The third kappa shape index (κ3) is 3.70. The van der Waals surface area contributed by atoms with Gasteiger partial charge in [0.05, 0.1) is 16.6 Å². The molecule has 3 aromatic heterocycles. The molecule has 2 bridgehead atoms. The summed E-state index contributed by atoms with van der Waals surface area (Å²) >= 11 is 0. The average molecular weight is 500 g/mol. The van der Waals surface area contributed by atoms with Crippen molar-refractivity contribution in [3.63, 3.8) is 0 Å². The van der Waals surface area contributed by atoms with Gasteiger partial charge in [0.2, 0.25) is 11.9 Å². The minimum atomic E-state index is -0.380. The molecule has 2 aliphatic carbocycles. The van der Waals surface area contributed by atoms with E-state index in [0.29, 0.717) is 64.5 Å². The van der Waals surface area contributed by atoms with Crippen molar-refractivity contribution in [2.24, 2.45) is 0 Å². The summed E-state index contributed by atoms with van der Waals surface area (Å²) in [7, 11) is 0. The number of anilines is 2. The van der Waals surface area contributed by atoms with E-state index in [1.807, 2.05) is 19.1 Å². The van der Waals surface area contributed by atoms with E-state index in [2.05, 4.69) is 25.6 Å². The van der Waals surface area contributed by atoms with Crippen LogP contribution in [0.5, 0.6) is 11.6 Å². The molecular formula is C27H26FN7O2. The van der Waals surface area contributed by atoms with Crippen LogP contribution in [0.25, 0.3) is 22.0 Å². The third-order valence-corrected chi connectivity index (χ3v) is 7.87. The predicted octanol–water partition coefficient (Wildman–Crippen LogP) is 4.68. The van der Waals surface area contributed by atoms with Crippen molar-refractivity contribution in [2.45, 2.75) is 50.1 Å². The Morgan fingerprint density at radius 3 is 2.32 bits per heavy atom. The molecule has 188 valence electrons. The Morgan fingerprint density at radius 2 is 1.54 bits per heavy atom. The van der Waals surface area contributed by atoms with E-state index in [9.17, 15) is 0 Å². The van der Waals surface area contributed by atoms with Crippen LogP contribution in [0.1, 0.15) is 37.8 Å². The number of aryl methyl sites for hydroxylation is 1. The average Bonchev–Trinajstić information content (AvgIpc) is 3.44. The van der Waals surface area contributed by atoms with Crippen LogP contribution in [-0.2, 0) is 0 Å². The zero-order chi connectivity index (χ0) is 25.0. The lowest BCUT2D eigenvalue weighted by atomic mass is 9.91. The van der Waals surface area contributed by atoms with Gasteiger partial charge in [-0.1, -0.05) is 0 Å². The number of nitrogens with zero attached hydrogens (tertiary/aromatic N) is 5. The van der Waals surface area contributed by atoms with Crippen molar-refractivity contribution in [3.8, 4) is 22.8 Å². The topological polar surface area (TPSA) is 107 Å². The highest BCUT2D eigenvalue weighted by Crippen LogP contribution is 2.53. The lowest BCUT2D eigenvalue weighted by Crippen LogP contribution is -2.34. The maximum absolute atomic E-state index is 15.9. The van der Waals surface area contributed by atoms with Crippen molar-refractivity contribution in [1.29, 1.82) is 0 Å². The molecule has 1 aliphatic heterocycles. The molecule has 7 rings (SSSR count). The lowest BCUT2D eigenvalue weighted by molar-refractivity contribution is 0.165. The van der Waals surface area contributed by atoms with Crippen LogP contribution >= 0.6 is 0 Å². The van der Waals surface area contributed by atoms with E-state index in [1.54, 1.807) is 30.7 Å². The molecule has 2 N–H and O–H groups in total. The molecule has 2 saturated carbocycles. The highest BCUT2D eigenvalue weighted by atomic mass is 19.1. The molecule has 0 amide bonds. The Labute approximate surface area is 212 Å². The summed E-state index contributed by atoms with van der Waals surface area (Å²) < 4.78 is 27.2. The number of pyridine rings is 1. The second-order valence-electron chi connectivity index (χ2n) is 10.2. The number of aromatic nitrogens is 5. The summed E-state index contributed by atoms with van der Waals surface area (Å²) in [6.07, 6.45) is 10.1. The molecule has 4 aromatic rings. The third-order valence-electron chi connectivity index (χ3n) is 7.87. The summed E-state index contributed by atoms with van der Waals surface area (Å²) in [5.41, 5.74) is 2.03. The summed E-state index contributed by atoms with van der Waals surface area (Å²) in [6, 6.07) is 7.13. The molecular weight excluding hydrogens is 473 g/mol. The number of benzene rings is 1. The minimum absolute atomic E-state index is 0.0310. The van der Waals surface area contributed by atoms with Crippen LogP contribution in [0.2, 0.25) is 0 Å². The summed E-state index contributed by atoms with van der Waals surface area (Å²) in [6.45, 7) is 2.64. The van der Waals surface area contributed by atoms with Gasteiger partial charge in [0.15, 0.2) is 5.75 Å². The molecule has 0 saturated heterocycles. The fraction of sp³-hybridized carbons (Fsp3) is 0.370. The van der Waals surface area contributed by atoms with Gasteiger partial charge in [-0.05, 0) is 63.3 Å². The summed E-state index contributed by atoms with van der Waals surface area (Å²) in [4.78, 5) is 22.3. The molecule has 0 radical (unpaired) electrons. The molecule has 10 heteroatoms. The minimum Gasteiger partial charge on any atom is -0.484 e. The Morgan fingerprint density at radius 1 is 0.811 bits per heavy atom. The molecule has 0 spiro atoms. The zero-order valence-corrected chi connectivity index (χ0v) is 20.4. The number of fused-ring (bicyclic) bond motifs is 4. The maximum atomic E-state index is 15.9. The quantitative estimate of drug-likeness (QED) is 0.405. The van der Waals surface area contributed by atoms with Gasteiger partial charge in [-0.3, -0.25) is 0 Å². The monoisotopic (exact) mass is 499 g/mol. The predicted molar refractivity (Wildman–Crippen MR) is 136 cm³/mol. The van der Waals surface area contributed by atoms with Crippen molar-refractivity contribution in [1.82, 2.24) is 24.9 Å². The van der Waals surface area contributed by atoms with E-state index in [4.69, 9.17) is 19.4 Å². The number of halogens is 1. The molecule has 37 heavy (non-hydrogen) atoms. The molecule has 1 aromatic carbocycles. The Kier molecular flexibility index (Phi) is 4.92. The maximum Gasteiger partial charge on any atom is 0.257 e. The number of ether oxygens (including phenoxy) is 2. The van der Waals surface area contributed by atoms with Gasteiger partial charge in [0.25, 0.3) is 5.88 Å². The van der Waals surface area contributed by atoms with Gasteiger partial charge in [0.1, 0.15) is 19.0 Å². The Balaban J connectivity index is 1.18. The van der Waals surface area contributed by atoms with E-state index in [1.165, 1.54) is 0 Å². The Bertz CT molecular complexity index is 1510. The van der Waals surface area contributed by atoms with Gasteiger partial charge in [-0.15, -0.1) is 0 Å². The normalized spacial score (nSPS) is 23.8. The van der Waals surface area contributed by atoms with Gasteiger partial charge in [-0.25, -0.2) is 29.3 Å². The van der Waals surface area contributed by atoms with Gasteiger partial charge >= 0.3 is 0 Å². The molecule has 0 atom stereocenters. The van der Waals surface area contributed by atoms with Gasteiger partial charge in [-0.2, -0.15) is 0 Å². The molecule has 4 heterocycles. The van der Waals surface area contributed by atoms with Crippen LogP contribution in [0.3, 0.4) is 0 Å². The van der Waals surface area contributed by atoms with Crippen LogP contribution < -0.4 is 20.1 Å². The van der Waals surface area contributed by atoms with E-state index < -0.39 is 0 Å². The van der Waals surface area contributed by atoms with Crippen molar-refractivity contribution < 1.29 is 13.9 Å². The molecule has 0 unspecified atom stereocenters. The molecule has 9 nitrogen and oxygen atoms in total. The second-order valence-corrected chi connectivity index (χ2v) is 10.2. The first-order chi connectivity index (χ1) is 18.0. The zero-order valence-electron chi connectivity index (χ0n) is 20.4. The van der Waals surface area contributed by atoms with Crippen molar-refractivity contribution in [2.75, 3.05) is 23.8 Å². The van der Waals surface area contributed by atoms with Crippen LogP contribution in [0.15, 0.2) is 42.9 Å². The highest BCUT2D eigenvalue weighted by Gasteiger charge is 2.55. The first kappa shape index (κ1) is 22.1. The standard InChI is InChI=1S/C27H26FN7O2/c1-16-20-19(4-3-17(21(20)28)18-5-12-29-23-22(18)36-13-14-37-23)33-25(32-16)35-27-8-6-26(15-27,7-9-27)34-24-30-10-2-11-31-24/h2-5,10-12H,6-9,13-15H2,1H3,(H,30,31,34)(H,32,33,35). The smallest absolute Gasteiger partial charge is 0.257 e. The highest BCUT2D eigenvalue weighted by molar-refractivity contribution is 5.89. The number of hydrogen-bond acceptors (Lipinski definition) is 9. The second kappa shape index (κ2) is 8.22. The number of rotatable bonds is 5.